The maximum atomic E-state index is 12.4. The van der Waals surface area contributed by atoms with Crippen molar-refractivity contribution < 1.29 is 4.79 Å². The van der Waals surface area contributed by atoms with Gasteiger partial charge in [-0.1, -0.05) is 30.0 Å². The minimum absolute atomic E-state index is 0.191. The van der Waals surface area contributed by atoms with E-state index >= 15 is 0 Å². The first-order chi connectivity index (χ1) is 10.8. The Morgan fingerprint density at radius 2 is 2.32 bits per heavy atom. The van der Waals surface area contributed by atoms with Crippen molar-refractivity contribution in [1.82, 2.24) is 14.9 Å². The Morgan fingerprint density at radius 1 is 1.41 bits per heavy atom. The first-order valence-corrected chi connectivity index (χ1v) is 9.06. The smallest absolute Gasteiger partial charge is 0.233 e. The third-order valence-corrected chi connectivity index (χ3v) is 5.91. The number of para-hydroxylation sites is 1. The third-order valence-electron chi connectivity index (χ3n) is 3.96. The molecule has 2 aromatic heterocycles. The first kappa shape index (κ1) is 13.8. The number of nitrogens with one attached hydrogen (secondary N) is 1. The van der Waals surface area contributed by atoms with Gasteiger partial charge in [-0.15, -0.1) is 11.3 Å². The monoisotopic (exact) mass is 329 g/mol. The lowest BCUT2D eigenvalue weighted by atomic mass is 10.0. The molecule has 0 bridgehead atoms. The zero-order valence-electron chi connectivity index (χ0n) is 11.9. The molecule has 0 atom stereocenters. The lowest BCUT2D eigenvalue weighted by Crippen LogP contribution is -2.36. The highest BCUT2D eigenvalue weighted by molar-refractivity contribution is 8.01. The predicted octanol–water partition coefficient (Wildman–Crippen LogP) is 3.30. The van der Waals surface area contributed by atoms with E-state index in [0.717, 1.165) is 17.3 Å². The standard InChI is InChI=1S/C16H15N3OS2/c20-15(10-22-16-17-6-8-21-16)19-7-5-14-12(9-19)11-3-1-2-4-13(11)18-14/h1-4,6,8,18H,5,7,9-10H2. The van der Waals surface area contributed by atoms with Gasteiger partial charge in [0.25, 0.3) is 0 Å². The van der Waals surface area contributed by atoms with Crippen molar-refractivity contribution in [2.75, 3.05) is 12.3 Å². The molecule has 4 rings (SSSR count). The molecule has 1 aromatic carbocycles. The third kappa shape index (κ3) is 2.53. The molecule has 0 fully saturated rings. The summed E-state index contributed by atoms with van der Waals surface area (Å²) in [5, 5.41) is 3.17. The lowest BCUT2D eigenvalue weighted by Gasteiger charge is -2.27. The van der Waals surface area contributed by atoms with Crippen LogP contribution < -0.4 is 0 Å². The van der Waals surface area contributed by atoms with Gasteiger partial charge in [0.1, 0.15) is 4.34 Å². The van der Waals surface area contributed by atoms with Crippen molar-refractivity contribution in [2.45, 2.75) is 17.3 Å². The zero-order chi connectivity index (χ0) is 14.9. The highest BCUT2D eigenvalue weighted by Crippen LogP contribution is 2.28. The number of rotatable bonds is 3. The number of amides is 1. The van der Waals surface area contributed by atoms with Crippen molar-refractivity contribution in [1.29, 1.82) is 0 Å². The highest BCUT2D eigenvalue weighted by atomic mass is 32.2. The molecule has 1 amide bonds. The number of aromatic amines is 1. The zero-order valence-corrected chi connectivity index (χ0v) is 13.5. The van der Waals surface area contributed by atoms with Crippen LogP contribution in [0, 0.1) is 0 Å². The number of carbonyl (C=O) groups is 1. The maximum Gasteiger partial charge on any atom is 0.233 e. The van der Waals surface area contributed by atoms with Gasteiger partial charge in [-0.2, -0.15) is 0 Å². The second-order valence-corrected chi connectivity index (χ2v) is 7.40. The molecule has 0 saturated carbocycles. The molecule has 4 nitrogen and oxygen atoms in total. The van der Waals surface area contributed by atoms with Crippen LogP contribution in [-0.4, -0.2) is 33.1 Å². The summed E-state index contributed by atoms with van der Waals surface area (Å²) in [5.74, 6) is 0.654. The number of carbonyl (C=O) groups excluding carboxylic acids is 1. The number of hydrogen-bond donors (Lipinski definition) is 1. The number of thioether (sulfide) groups is 1. The Bertz CT molecular complexity index is 810. The Balaban J connectivity index is 1.50. The molecular weight excluding hydrogens is 314 g/mol. The summed E-state index contributed by atoms with van der Waals surface area (Å²) < 4.78 is 0.957. The van der Waals surface area contributed by atoms with Crippen molar-refractivity contribution >= 4 is 39.9 Å². The number of fused-ring (bicyclic) bond motifs is 3. The van der Waals surface area contributed by atoms with E-state index in [-0.39, 0.29) is 5.91 Å². The number of aromatic nitrogens is 2. The molecule has 0 unspecified atom stereocenters. The average molecular weight is 329 g/mol. The van der Waals surface area contributed by atoms with Crippen LogP contribution in [0.5, 0.6) is 0 Å². The van der Waals surface area contributed by atoms with E-state index in [9.17, 15) is 4.79 Å². The molecular formula is C16H15N3OS2. The van der Waals surface area contributed by atoms with E-state index in [0.29, 0.717) is 12.3 Å². The Labute approximate surface area is 136 Å². The van der Waals surface area contributed by atoms with E-state index < -0.39 is 0 Å². The highest BCUT2D eigenvalue weighted by Gasteiger charge is 2.23. The maximum absolute atomic E-state index is 12.4. The van der Waals surface area contributed by atoms with Crippen LogP contribution in [0.25, 0.3) is 10.9 Å². The van der Waals surface area contributed by atoms with Gasteiger partial charge in [0, 0.05) is 53.2 Å². The second-order valence-electron chi connectivity index (χ2n) is 5.28. The van der Waals surface area contributed by atoms with Crippen LogP contribution in [0.2, 0.25) is 0 Å². The molecule has 0 aliphatic carbocycles. The van der Waals surface area contributed by atoms with Gasteiger partial charge in [-0.05, 0) is 6.07 Å². The molecule has 22 heavy (non-hydrogen) atoms. The van der Waals surface area contributed by atoms with Crippen LogP contribution in [-0.2, 0) is 17.8 Å². The first-order valence-electron chi connectivity index (χ1n) is 7.20. The van der Waals surface area contributed by atoms with Gasteiger partial charge in [0.15, 0.2) is 0 Å². The fourth-order valence-corrected chi connectivity index (χ4v) is 4.42. The number of thiazole rings is 1. The number of hydrogen-bond acceptors (Lipinski definition) is 4. The molecule has 1 aliphatic rings. The molecule has 0 spiro atoms. The number of nitrogens with zero attached hydrogens (tertiary/aromatic N) is 2. The summed E-state index contributed by atoms with van der Waals surface area (Å²) in [5.41, 5.74) is 3.71. The summed E-state index contributed by atoms with van der Waals surface area (Å²) in [6.45, 7) is 1.49. The Hall–Kier alpha value is -1.79. The van der Waals surface area contributed by atoms with E-state index in [4.69, 9.17) is 0 Å². The number of H-pyrrole nitrogens is 1. The van der Waals surface area contributed by atoms with E-state index in [1.165, 1.54) is 33.9 Å². The van der Waals surface area contributed by atoms with Crippen LogP contribution in [0.4, 0.5) is 0 Å². The lowest BCUT2D eigenvalue weighted by molar-refractivity contribution is -0.129. The summed E-state index contributed by atoms with van der Waals surface area (Å²) in [4.78, 5) is 22.1. The van der Waals surface area contributed by atoms with E-state index in [1.807, 2.05) is 16.3 Å². The largest absolute Gasteiger partial charge is 0.358 e. The normalized spacial score (nSPS) is 14.3. The molecule has 0 saturated heterocycles. The van der Waals surface area contributed by atoms with E-state index in [2.05, 4.69) is 28.2 Å². The molecule has 1 N–H and O–H groups in total. The fourth-order valence-electron chi connectivity index (χ4n) is 2.88. The summed E-state index contributed by atoms with van der Waals surface area (Å²) in [6.07, 6.45) is 2.67. The van der Waals surface area contributed by atoms with Gasteiger partial charge in [0.05, 0.1) is 5.75 Å². The second kappa shape index (κ2) is 5.78. The molecule has 6 heteroatoms. The SMILES string of the molecule is O=C(CSc1nccs1)N1CCc2[nH]c3ccccc3c2C1. The minimum Gasteiger partial charge on any atom is -0.358 e. The average Bonchev–Trinajstić information content (AvgIpc) is 3.19. The summed E-state index contributed by atoms with van der Waals surface area (Å²) >= 11 is 3.10. The van der Waals surface area contributed by atoms with Gasteiger partial charge in [0.2, 0.25) is 5.91 Å². The van der Waals surface area contributed by atoms with Gasteiger partial charge in [-0.3, -0.25) is 4.79 Å². The molecule has 1 aliphatic heterocycles. The van der Waals surface area contributed by atoms with E-state index in [1.54, 1.807) is 17.5 Å². The van der Waals surface area contributed by atoms with Crippen molar-refractivity contribution in [3.63, 3.8) is 0 Å². The Kier molecular flexibility index (Phi) is 3.63. The van der Waals surface area contributed by atoms with Gasteiger partial charge in [-0.25, -0.2) is 4.98 Å². The quantitative estimate of drug-likeness (QED) is 0.750. The number of benzene rings is 1. The van der Waals surface area contributed by atoms with Crippen LogP contribution >= 0.6 is 23.1 Å². The Morgan fingerprint density at radius 3 is 3.18 bits per heavy atom. The summed E-state index contributed by atoms with van der Waals surface area (Å²) in [7, 11) is 0. The van der Waals surface area contributed by atoms with Crippen molar-refractivity contribution in [2.24, 2.45) is 0 Å². The summed E-state index contributed by atoms with van der Waals surface area (Å²) in [6, 6.07) is 8.31. The van der Waals surface area contributed by atoms with Crippen LogP contribution in [0.15, 0.2) is 40.2 Å². The van der Waals surface area contributed by atoms with Crippen molar-refractivity contribution in [3.05, 3.63) is 47.1 Å². The van der Waals surface area contributed by atoms with Gasteiger partial charge < -0.3 is 9.88 Å². The predicted molar refractivity (Wildman–Crippen MR) is 90.3 cm³/mol. The molecule has 3 aromatic rings. The topological polar surface area (TPSA) is 49.0 Å². The van der Waals surface area contributed by atoms with Crippen LogP contribution in [0.1, 0.15) is 11.3 Å². The van der Waals surface area contributed by atoms with Crippen LogP contribution in [0.3, 0.4) is 0 Å². The fraction of sp³-hybridized carbons (Fsp3) is 0.250. The van der Waals surface area contributed by atoms with Gasteiger partial charge >= 0.3 is 0 Å². The molecule has 0 radical (unpaired) electrons. The molecule has 112 valence electrons. The molecule has 3 heterocycles. The minimum atomic E-state index is 0.191. The van der Waals surface area contributed by atoms with Crippen molar-refractivity contribution in [3.8, 4) is 0 Å².